The Morgan fingerprint density at radius 1 is 1.43 bits per heavy atom. The molecular weight excluding hydrogens is 196 g/mol. The standard InChI is InChI=1S/C11H14O2S/c1-12-10-5-3-2-4-9(10)11(8-14)6-13-7-11/h2-5,14H,6-8H2,1H3. The Labute approximate surface area is 89.6 Å². The Hall–Kier alpha value is -0.670. The molecule has 1 aromatic carbocycles. The van der Waals surface area contributed by atoms with E-state index in [1.807, 2.05) is 18.2 Å². The maximum Gasteiger partial charge on any atom is 0.122 e. The largest absolute Gasteiger partial charge is 0.496 e. The molecule has 0 radical (unpaired) electrons. The van der Waals surface area contributed by atoms with Gasteiger partial charge in [-0.2, -0.15) is 12.6 Å². The summed E-state index contributed by atoms with van der Waals surface area (Å²) in [6.45, 7) is 1.49. The van der Waals surface area contributed by atoms with E-state index in [-0.39, 0.29) is 5.41 Å². The highest BCUT2D eigenvalue weighted by Gasteiger charge is 2.40. The van der Waals surface area contributed by atoms with Crippen LogP contribution in [-0.4, -0.2) is 26.1 Å². The molecule has 0 unspecified atom stereocenters. The quantitative estimate of drug-likeness (QED) is 0.768. The third-order valence-electron chi connectivity index (χ3n) is 2.74. The van der Waals surface area contributed by atoms with Crippen LogP contribution < -0.4 is 4.74 Å². The summed E-state index contributed by atoms with van der Waals surface area (Å²) in [6, 6.07) is 8.09. The predicted molar refractivity (Wildman–Crippen MR) is 59.3 cm³/mol. The molecule has 0 spiro atoms. The number of para-hydroxylation sites is 1. The zero-order valence-corrected chi connectivity index (χ0v) is 9.09. The zero-order chi connectivity index (χ0) is 10.0. The number of rotatable bonds is 3. The van der Waals surface area contributed by atoms with Gasteiger partial charge in [0, 0.05) is 11.3 Å². The Kier molecular flexibility index (Phi) is 2.70. The third kappa shape index (κ3) is 1.41. The summed E-state index contributed by atoms with van der Waals surface area (Å²) in [6.07, 6.45) is 0. The molecular formula is C11H14O2S. The topological polar surface area (TPSA) is 18.5 Å². The molecule has 1 aromatic rings. The molecule has 1 heterocycles. The minimum absolute atomic E-state index is 0.0652. The lowest BCUT2D eigenvalue weighted by Crippen LogP contribution is -2.48. The number of benzene rings is 1. The van der Waals surface area contributed by atoms with Crippen molar-refractivity contribution in [2.75, 3.05) is 26.1 Å². The Morgan fingerprint density at radius 3 is 2.64 bits per heavy atom. The van der Waals surface area contributed by atoms with Gasteiger partial charge in [-0.1, -0.05) is 18.2 Å². The molecule has 0 aliphatic carbocycles. The molecule has 0 atom stereocenters. The Morgan fingerprint density at radius 2 is 2.14 bits per heavy atom. The highest BCUT2D eigenvalue weighted by atomic mass is 32.1. The van der Waals surface area contributed by atoms with E-state index in [2.05, 4.69) is 18.7 Å². The summed E-state index contributed by atoms with van der Waals surface area (Å²) in [5.74, 6) is 1.73. The van der Waals surface area contributed by atoms with E-state index in [0.29, 0.717) is 0 Å². The van der Waals surface area contributed by atoms with Gasteiger partial charge in [-0.15, -0.1) is 0 Å². The smallest absolute Gasteiger partial charge is 0.122 e. The summed E-state index contributed by atoms with van der Waals surface area (Å²) in [5, 5.41) is 0. The van der Waals surface area contributed by atoms with Crippen LogP contribution in [0.4, 0.5) is 0 Å². The average molecular weight is 210 g/mol. The second-order valence-corrected chi connectivity index (χ2v) is 3.95. The number of methoxy groups -OCH3 is 1. The summed E-state index contributed by atoms with van der Waals surface area (Å²) in [5.41, 5.74) is 1.28. The maximum atomic E-state index is 5.34. The van der Waals surface area contributed by atoms with Crippen LogP contribution in [0.3, 0.4) is 0 Å². The zero-order valence-electron chi connectivity index (χ0n) is 8.19. The molecule has 2 rings (SSSR count). The van der Waals surface area contributed by atoms with Crippen molar-refractivity contribution in [2.24, 2.45) is 0 Å². The highest BCUT2D eigenvalue weighted by molar-refractivity contribution is 7.80. The lowest BCUT2D eigenvalue weighted by molar-refractivity contribution is -0.0479. The predicted octanol–water partition coefficient (Wildman–Crippen LogP) is 1.89. The van der Waals surface area contributed by atoms with Crippen LogP contribution in [0.5, 0.6) is 5.75 Å². The second-order valence-electron chi connectivity index (χ2n) is 3.63. The van der Waals surface area contributed by atoms with Gasteiger partial charge in [0.05, 0.1) is 25.7 Å². The number of hydrogen-bond donors (Lipinski definition) is 1. The fourth-order valence-corrected chi connectivity index (χ4v) is 2.12. The molecule has 1 fully saturated rings. The molecule has 0 aromatic heterocycles. The van der Waals surface area contributed by atoms with E-state index in [1.54, 1.807) is 7.11 Å². The van der Waals surface area contributed by atoms with Crippen molar-refractivity contribution in [2.45, 2.75) is 5.41 Å². The lowest BCUT2D eigenvalue weighted by atomic mass is 9.80. The molecule has 0 amide bonds. The van der Waals surface area contributed by atoms with Crippen LogP contribution in [0.1, 0.15) is 5.56 Å². The molecule has 0 N–H and O–H groups in total. The van der Waals surface area contributed by atoms with Gasteiger partial charge in [-0.05, 0) is 6.07 Å². The van der Waals surface area contributed by atoms with Crippen molar-refractivity contribution in [3.8, 4) is 5.75 Å². The van der Waals surface area contributed by atoms with E-state index < -0.39 is 0 Å². The molecule has 1 aliphatic heterocycles. The molecule has 14 heavy (non-hydrogen) atoms. The monoisotopic (exact) mass is 210 g/mol. The first kappa shape index (κ1) is 9.87. The minimum Gasteiger partial charge on any atom is -0.496 e. The van der Waals surface area contributed by atoms with Gasteiger partial charge in [0.2, 0.25) is 0 Å². The van der Waals surface area contributed by atoms with E-state index in [0.717, 1.165) is 24.7 Å². The van der Waals surface area contributed by atoms with Crippen LogP contribution in [0, 0.1) is 0 Å². The van der Waals surface area contributed by atoms with Crippen LogP contribution in [0.15, 0.2) is 24.3 Å². The number of ether oxygens (including phenoxy) is 2. The van der Waals surface area contributed by atoms with Crippen molar-refractivity contribution in [3.63, 3.8) is 0 Å². The van der Waals surface area contributed by atoms with Crippen LogP contribution in [-0.2, 0) is 10.2 Å². The number of hydrogen-bond acceptors (Lipinski definition) is 3. The van der Waals surface area contributed by atoms with Gasteiger partial charge in [-0.25, -0.2) is 0 Å². The Bertz CT molecular complexity index is 315. The summed E-state index contributed by atoms with van der Waals surface area (Å²) < 4.78 is 10.6. The Balaban J connectivity index is 2.38. The molecule has 0 bridgehead atoms. The number of thiol groups is 1. The first-order valence-corrected chi connectivity index (χ1v) is 5.28. The van der Waals surface area contributed by atoms with Gasteiger partial charge in [0.1, 0.15) is 5.75 Å². The van der Waals surface area contributed by atoms with Crippen LogP contribution in [0.2, 0.25) is 0 Å². The molecule has 2 nitrogen and oxygen atoms in total. The normalized spacial score (nSPS) is 18.7. The molecule has 76 valence electrons. The fourth-order valence-electron chi connectivity index (χ4n) is 1.76. The summed E-state index contributed by atoms with van der Waals surface area (Å²) >= 11 is 4.39. The first-order chi connectivity index (χ1) is 6.82. The van der Waals surface area contributed by atoms with E-state index >= 15 is 0 Å². The summed E-state index contributed by atoms with van der Waals surface area (Å²) in [7, 11) is 1.70. The second kappa shape index (κ2) is 3.83. The minimum atomic E-state index is 0.0652. The van der Waals surface area contributed by atoms with Crippen molar-refractivity contribution < 1.29 is 9.47 Å². The average Bonchev–Trinajstić information content (AvgIpc) is 2.18. The molecule has 1 aliphatic rings. The SMILES string of the molecule is COc1ccccc1C1(CS)COC1. The van der Waals surface area contributed by atoms with Crippen molar-refractivity contribution in [1.82, 2.24) is 0 Å². The molecule has 0 saturated carbocycles. The van der Waals surface area contributed by atoms with Gasteiger partial charge in [0.25, 0.3) is 0 Å². The van der Waals surface area contributed by atoms with Crippen LogP contribution >= 0.6 is 12.6 Å². The van der Waals surface area contributed by atoms with E-state index in [4.69, 9.17) is 9.47 Å². The van der Waals surface area contributed by atoms with Crippen LogP contribution in [0.25, 0.3) is 0 Å². The first-order valence-electron chi connectivity index (χ1n) is 4.64. The van der Waals surface area contributed by atoms with Gasteiger partial charge in [-0.3, -0.25) is 0 Å². The van der Waals surface area contributed by atoms with E-state index in [9.17, 15) is 0 Å². The summed E-state index contributed by atoms with van der Waals surface area (Å²) in [4.78, 5) is 0. The van der Waals surface area contributed by atoms with Crippen molar-refractivity contribution in [1.29, 1.82) is 0 Å². The van der Waals surface area contributed by atoms with Gasteiger partial charge in [0.15, 0.2) is 0 Å². The van der Waals surface area contributed by atoms with Gasteiger partial charge >= 0.3 is 0 Å². The van der Waals surface area contributed by atoms with Crippen molar-refractivity contribution in [3.05, 3.63) is 29.8 Å². The molecule has 1 saturated heterocycles. The maximum absolute atomic E-state index is 5.34. The molecule has 3 heteroatoms. The lowest BCUT2D eigenvalue weighted by Gasteiger charge is -2.41. The van der Waals surface area contributed by atoms with E-state index in [1.165, 1.54) is 5.56 Å². The van der Waals surface area contributed by atoms with Gasteiger partial charge < -0.3 is 9.47 Å². The highest BCUT2D eigenvalue weighted by Crippen LogP contribution is 2.38. The fraction of sp³-hybridized carbons (Fsp3) is 0.455. The van der Waals surface area contributed by atoms with Crippen molar-refractivity contribution >= 4 is 12.6 Å². The third-order valence-corrected chi connectivity index (χ3v) is 3.34.